The molecule has 0 radical (unpaired) electrons. The Labute approximate surface area is 171 Å². The number of hydrogen-bond donors (Lipinski definition) is 1. The lowest BCUT2D eigenvalue weighted by Crippen LogP contribution is -2.20. The van der Waals surface area contributed by atoms with Gasteiger partial charge in [0.2, 0.25) is 0 Å². The second-order valence-electron chi connectivity index (χ2n) is 5.59. The quantitative estimate of drug-likeness (QED) is 0.500. The van der Waals surface area contributed by atoms with Crippen molar-refractivity contribution in [1.29, 1.82) is 0 Å². The number of halogens is 2. The molecule has 3 aromatic rings. The Kier molecular flexibility index (Phi) is 6.98. The highest BCUT2D eigenvalue weighted by Crippen LogP contribution is 2.26. The number of hydrogen-bond acceptors (Lipinski definition) is 4. The lowest BCUT2D eigenvalue weighted by atomic mass is 10.3. The normalized spacial score (nSPS) is 10.4. The molecular formula is C20H16Cl2N2O2S. The number of pyridine rings is 1. The molecule has 2 aromatic carbocycles. The summed E-state index contributed by atoms with van der Waals surface area (Å²) in [5, 5.41) is 3.62. The summed E-state index contributed by atoms with van der Waals surface area (Å²) in [6.07, 6.45) is 3.62. The van der Waals surface area contributed by atoms with Gasteiger partial charge < -0.3 is 10.1 Å². The molecule has 0 aliphatic carbocycles. The number of benzene rings is 2. The molecular weight excluding hydrogens is 403 g/mol. The molecule has 1 amide bonds. The van der Waals surface area contributed by atoms with E-state index in [4.69, 9.17) is 27.9 Å². The summed E-state index contributed by atoms with van der Waals surface area (Å²) in [4.78, 5) is 17.2. The van der Waals surface area contributed by atoms with Crippen LogP contribution in [0.25, 0.3) is 0 Å². The minimum absolute atomic E-state index is 0.116. The second kappa shape index (κ2) is 9.65. The summed E-state index contributed by atoms with van der Waals surface area (Å²) in [5.41, 5.74) is 1.88. The Morgan fingerprint density at radius 2 is 1.89 bits per heavy atom. The molecule has 7 heteroatoms. The highest BCUT2D eigenvalue weighted by Gasteiger charge is 2.06. The van der Waals surface area contributed by atoms with Crippen molar-refractivity contribution in [3.8, 4) is 5.75 Å². The third-order valence-corrected chi connectivity index (χ3v) is 5.35. The highest BCUT2D eigenvalue weighted by molar-refractivity contribution is 7.98. The van der Waals surface area contributed by atoms with Crippen molar-refractivity contribution < 1.29 is 9.53 Å². The maximum Gasteiger partial charge on any atom is 0.262 e. The molecule has 0 fully saturated rings. The van der Waals surface area contributed by atoms with E-state index in [2.05, 4.69) is 10.3 Å². The zero-order valence-electron chi connectivity index (χ0n) is 14.2. The number of anilines is 1. The predicted octanol–water partition coefficient (Wildman–Crippen LogP) is 5.70. The number of rotatable bonds is 7. The van der Waals surface area contributed by atoms with E-state index in [1.165, 1.54) is 5.56 Å². The van der Waals surface area contributed by atoms with Crippen molar-refractivity contribution >= 4 is 46.6 Å². The number of nitrogens with zero attached hydrogens (tertiary/aromatic N) is 1. The van der Waals surface area contributed by atoms with Crippen LogP contribution in [0.3, 0.4) is 0 Å². The van der Waals surface area contributed by atoms with Crippen LogP contribution in [-0.2, 0) is 10.5 Å². The van der Waals surface area contributed by atoms with Gasteiger partial charge in [-0.1, -0.05) is 29.3 Å². The van der Waals surface area contributed by atoms with Crippen LogP contribution in [0, 0.1) is 0 Å². The van der Waals surface area contributed by atoms with Crippen LogP contribution in [0.4, 0.5) is 5.69 Å². The monoisotopic (exact) mass is 418 g/mol. The first-order valence-corrected chi connectivity index (χ1v) is 9.84. The molecule has 27 heavy (non-hydrogen) atoms. The molecule has 0 saturated heterocycles. The minimum atomic E-state index is -0.253. The van der Waals surface area contributed by atoms with Crippen LogP contribution in [0.1, 0.15) is 5.56 Å². The van der Waals surface area contributed by atoms with Gasteiger partial charge in [-0.05, 0) is 48.0 Å². The minimum Gasteiger partial charge on any atom is -0.484 e. The molecule has 0 unspecified atom stereocenters. The van der Waals surface area contributed by atoms with Gasteiger partial charge in [0.25, 0.3) is 5.91 Å². The molecule has 138 valence electrons. The fourth-order valence-electron chi connectivity index (χ4n) is 2.20. The highest BCUT2D eigenvalue weighted by atomic mass is 35.5. The maximum absolute atomic E-state index is 12.0. The van der Waals surface area contributed by atoms with Crippen LogP contribution < -0.4 is 10.1 Å². The zero-order valence-corrected chi connectivity index (χ0v) is 16.5. The molecule has 0 atom stereocenters. The summed E-state index contributed by atoms with van der Waals surface area (Å²) in [7, 11) is 0. The Balaban J connectivity index is 1.47. The van der Waals surface area contributed by atoms with E-state index in [0.717, 1.165) is 10.6 Å². The van der Waals surface area contributed by atoms with Crippen LogP contribution in [0.2, 0.25) is 10.0 Å². The van der Waals surface area contributed by atoms with Crippen LogP contribution in [0.15, 0.2) is 71.9 Å². The molecule has 1 heterocycles. The number of aromatic nitrogens is 1. The fraction of sp³-hybridized carbons (Fsp3) is 0.100. The van der Waals surface area contributed by atoms with Crippen molar-refractivity contribution in [2.24, 2.45) is 0 Å². The van der Waals surface area contributed by atoms with E-state index in [1.54, 1.807) is 36.2 Å². The first-order chi connectivity index (χ1) is 13.1. The molecule has 0 spiro atoms. The first-order valence-electron chi connectivity index (χ1n) is 8.09. The maximum atomic E-state index is 12.0. The zero-order chi connectivity index (χ0) is 19.1. The lowest BCUT2D eigenvalue weighted by Gasteiger charge is -2.09. The summed E-state index contributed by atoms with van der Waals surface area (Å²) in [5.74, 6) is 1.08. The SMILES string of the molecule is O=C(COc1ccc(Cl)c(Cl)c1)Nc1ccc(SCc2cccnc2)cc1. The van der Waals surface area contributed by atoms with Gasteiger partial charge >= 0.3 is 0 Å². The van der Waals surface area contributed by atoms with Gasteiger partial charge in [0, 0.05) is 34.8 Å². The van der Waals surface area contributed by atoms with Crippen LogP contribution in [-0.4, -0.2) is 17.5 Å². The largest absolute Gasteiger partial charge is 0.484 e. The van der Waals surface area contributed by atoms with E-state index in [-0.39, 0.29) is 12.5 Å². The van der Waals surface area contributed by atoms with Gasteiger partial charge in [-0.3, -0.25) is 9.78 Å². The summed E-state index contributed by atoms with van der Waals surface area (Å²) >= 11 is 13.5. The molecule has 0 saturated carbocycles. The smallest absolute Gasteiger partial charge is 0.262 e. The van der Waals surface area contributed by atoms with Crippen molar-refractivity contribution in [3.63, 3.8) is 0 Å². The van der Waals surface area contributed by atoms with E-state index in [0.29, 0.717) is 21.5 Å². The Bertz CT molecular complexity index is 906. The van der Waals surface area contributed by atoms with Crippen molar-refractivity contribution in [2.75, 3.05) is 11.9 Å². The number of carbonyl (C=O) groups is 1. The van der Waals surface area contributed by atoms with E-state index < -0.39 is 0 Å². The average molecular weight is 419 g/mol. The van der Waals surface area contributed by atoms with Crippen LogP contribution >= 0.6 is 35.0 Å². The van der Waals surface area contributed by atoms with Crippen molar-refractivity contribution in [2.45, 2.75) is 10.6 Å². The van der Waals surface area contributed by atoms with Crippen molar-refractivity contribution in [3.05, 3.63) is 82.6 Å². The van der Waals surface area contributed by atoms with Crippen LogP contribution in [0.5, 0.6) is 5.75 Å². The van der Waals surface area contributed by atoms with Gasteiger partial charge in [-0.2, -0.15) is 0 Å². The third-order valence-electron chi connectivity index (χ3n) is 3.53. The third kappa shape index (κ3) is 6.17. The number of ether oxygens (including phenoxy) is 1. The van der Waals surface area contributed by atoms with E-state index in [1.807, 2.05) is 42.6 Å². The van der Waals surface area contributed by atoms with E-state index in [9.17, 15) is 4.79 Å². The number of carbonyl (C=O) groups excluding carboxylic acids is 1. The Hall–Kier alpha value is -2.21. The molecule has 0 aliphatic rings. The summed E-state index contributed by atoms with van der Waals surface area (Å²) < 4.78 is 5.42. The Morgan fingerprint density at radius 1 is 1.07 bits per heavy atom. The standard InChI is InChI=1S/C20H16Cl2N2O2S/c21-18-8-5-16(10-19(18)22)26-12-20(25)24-15-3-6-17(7-4-15)27-13-14-2-1-9-23-11-14/h1-11H,12-13H2,(H,24,25). The number of amides is 1. The van der Waals surface area contributed by atoms with Gasteiger partial charge in [0.05, 0.1) is 10.0 Å². The van der Waals surface area contributed by atoms with Gasteiger partial charge in [0.1, 0.15) is 5.75 Å². The topological polar surface area (TPSA) is 51.2 Å². The molecule has 3 rings (SSSR count). The Morgan fingerprint density at radius 3 is 2.59 bits per heavy atom. The van der Waals surface area contributed by atoms with E-state index >= 15 is 0 Å². The van der Waals surface area contributed by atoms with Crippen molar-refractivity contribution in [1.82, 2.24) is 4.98 Å². The second-order valence-corrected chi connectivity index (χ2v) is 7.45. The predicted molar refractivity (Wildman–Crippen MR) is 111 cm³/mol. The van der Waals surface area contributed by atoms with Gasteiger partial charge in [-0.15, -0.1) is 11.8 Å². The summed E-state index contributed by atoms with van der Waals surface area (Å²) in [6.45, 7) is -0.116. The number of nitrogens with one attached hydrogen (secondary N) is 1. The molecule has 1 aromatic heterocycles. The lowest BCUT2D eigenvalue weighted by molar-refractivity contribution is -0.118. The molecule has 0 bridgehead atoms. The summed E-state index contributed by atoms with van der Waals surface area (Å²) in [6, 6.07) is 16.5. The fourth-order valence-corrected chi connectivity index (χ4v) is 3.32. The molecule has 4 nitrogen and oxygen atoms in total. The molecule has 0 aliphatic heterocycles. The number of thioether (sulfide) groups is 1. The van der Waals surface area contributed by atoms with Gasteiger partial charge in [0.15, 0.2) is 6.61 Å². The van der Waals surface area contributed by atoms with Gasteiger partial charge in [-0.25, -0.2) is 0 Å². The first kappa shape index (κ1) is 19.5. The molecule has 1 N–H and O–H groups in total. The average Bonchev–Trinajstić information content (AvgIpc) is 2.69.